The zero-order valence-corrected chi connectivity index (χ0v) is 16.8. The summed E-state index contributed by atoms with van der Waals surface area (Å²) in [6.45, 7) is 3.28. The normalized spacial score (nSPS) is 16.9. The SMILES string of the molecule is CC(C)OC(=O)c1c(NC(=O)COC(=O)C2CCCC2)sc2c1CCCC2. The minimum Gasteiger partial charge on any atom is -0.459 e. The van der Waals surface area contributed by atoms with Gasteiger partial charge in [-0.1, -0.05) is 12.8 Å². The van der Waals surface area contributed by atoms with Gasteiger partial charge in [0.05, 0.1) is 17.6 Å². The lowest BCUT2D eigenvalue weighted by atomic mass is 9.95. The van der Waals surface area contributed by atoms with Gasteiger partial charge < -0.3 is 14.8 Å². The van der Waals surface area contributed by atoms with Gasteiger partial charge in [-0.25, -0.2) is 4.79 Å². The molecule has 7 heteroatoms. The average molecular weight is 394 g/mol. The van der Waals surface area contributed by atoms with E-state index in [0.29, 0.717) is 10.6 Å². The van der Waals surface area contributed by atoms with Crippen LogP contribution in [0.3, 0.4) is 0 Å². The number of ether oxygens (including phenoxy) is 2. The summed E-state index contributed by atoms with van der Waals surface area (Å²) in [7, 11) is 0. The Morgan fingerprint density at radius 3 is 2.52 bits per heavy atom. The van der Waals surface area contributed by atoms with E-state index in [-0.39, 0.29) is 24.6 Å². The first-order chi connectivity index (χ1) is 13.0. The van der Waals surface area contributed by atoms with E-state index in [9.17, 15) is 14.4 Å². The third kappa shape index (κ3) is 4.89. The Hall–Kier alpha value is -1.89. The lowest BCUT2D eigenvalue weighted by Gasteiger charge is -2.14. The summed E-state index contributed by atoms with van der Waals surface area (Å²) in [6.07, 6.45) is 7.35. The van der Waals surface area contributed by atoms with Gasteiger partial charge in [-0.3, -0.25) is 9.59 Å². The highest BCUT2D eigenvalue weighted by molar-refractivity contribution is 7.17. The van der Waals surface area contributed by atoms with Crippen molar-refractivity contribution in [3.8, 4) is 0 Å². The first-order valence-corrected chi connectivity index (χ1v) is 10.6. The molecule has 1 aromatic heterocycles. The highest BCUT2D eigenvalue weighted by Gasteiger charge is 2.29. The fourth-order valence-electron chi connectivity index (χ4n) is 3.72. The Bertz CT molecular complexity index is 718. The largest absolute Gasteiger partial charge is 0.459 e. The van der Waals surface area contributed by atoms with E-state index in [2.05, 4.69) is 5.32 Å². The minimum atomic E-state index is -0.418. The number of rotatable bonds is 6. The molecule has 0 atom stereocenters. The number of fused-ring (bicyclic) bond motifs is 1. The number of aryl methyl sites for hydroxylation is 1. The molecule has 0 radical (unpaired) electrons. The predicted octanol–water partition coefficient (Wildman–Crippen LogP) is 3.86. The van der Waals surface area contributed by atoms with Gasteiger partial charge in [0.1, 0.15) is 5.00 Å². The predicted molar refractivity (Wildman–Crippen MR) is 103 cm³/mol. The summed E-state index contributed by atoms with van der Waals surface area (Å²) in [5, 5.41) is 3.28. The van der Waals surface area contributed by atoms with Gasteiger partial charge in [-0.2, -0.15) is 0 Å². The van der Waals surface area contributed by atoms with Gasteiger partial charge in [-0.05, 0) is 57.9 Å². The Morgan fingerprint density at radius 2 is 1.81 bits per heavy atom. The molecule has 148 valence electrons. The highest BCUT2D eigenvalue weighted by Crippen LogP contribution is 2.38. The summed E-state index contributed by atoms with van der Waals surface area (Å²) in [5.74, 6) is -1.20. The van der Waals surface area contributed by atoms with E-state index in [1.807, 2.05) is 0 Å². The lowest BCUT2D eigenvalue weighted by molar-refractivity contribution is -0.151. The van der Waals surface area contributed by atoms with Crippen LogP contribution in [-0.2, 0) is 31.9 Å². The molecule has 2 aliphatic carbocycles. The van der Waals surface area contributed by atoms with Crippen molar-refractivity contribution in [1.29, 1.82) is 0 Å². The van der Waals surface area contributed by atoms with Crippen molar-refractivity contribution in [1.82, 2.24) is 0 Å². The van der Waals surface area contributed by atoms with Gasteiger partial charge >= 0.3 is 11.9 Å². The van der Waals surface area contributed by atoms with Crippen molar-refractivity contribution in [3.63, 3.8) is 0 Å². The molecule has 0 spiro atoms. The zero-order valence-electron chi connectivity index (χ0n) is 16.0. The Balaban J connectivity index is 1.67. The molecule has 0 aliphatic heterocycles. The van der Waals surface area contributed by atoms with Crippen LogP contribution in [0.15, 0.2) is 0 Å². The van der Waals surface area contributed by atoms with E-state index in [0.717, 1.165) is 61.8 Å². The third-order valence-electron chi connectivity index (χ3n) is 5.01. The second-order valence-electron chi connectivity index (χ2n) is 7.51. The van der Waals surface area contributed by atoms with Crippen molar-refractivity contribution in [2.24, 2.45) is 5.92 Å². The molecule has 1 N–H and O–H groups in total. The topological polar surface area (TPSA) is 81.7 Å². The smallest absolute Gasteiger partial charge is 0.341 e. The molecule has 3 rings (SSSR count). The number of thiophene rings is 1. The Morgan fingerprint density at radius 1 is 1.11 bits per heavy atom. The van der Waals surface area contributed by atoms with Crippen molar-refractivity contribution < 1.29 is 23.9 Å². The van der Waals surface area contributed by atoms with Crippen LogP contribution in [0, 0.1) is 5.92 Å². The number of carbonyl (C=O) groups is 3. The van der Waals surface area contributed by atoms with Crippen LogP contribution in [0.2, 0.25) is 0 Å². The summed E-state index contributed by atoms with van der Waals surface area (Å²) in [4.78, 5) is 38.0. The van der Waals surface area contributed by atoms with Gasteiger partial charge in [0, 0.05) is 4.88 Å². The van der Waals surface area contributed by atoms with Crippen molar-refractivity contribution >= 4 is 34.2 Å². The van der Waals surface area contributed by atoms with E-state index in [1.54, 1.807) is 13.8 Å². The first-order valence-electron chi connectivity index (χ1n) is 9.77. The molecule has 1 saturated carbocycles. The highest BCUT2D eigenvalue weighted by atomic mass is 32.1. The molecule has 1 aromatic rings. The molecule has 27 heavy (non-hydrogen) atoms. The average Bonchev–Trinajstić information content (AvgIpc) is 3.26. The fourth-order valence-corrected chi connectivity index (χ4v) is 5.02. The van der Waals surface area contributed by atoms with Crippen molar-refractivity contribution in [2.75, 3.05) is 11.9 Å². The Kier molecular flexibility index (Phi) is 6.52. The molecular formula is C20H27NO5S. The summed E-state index contributed by atoms with van der Waals surface area (Å²) in [5.41, 5.74) is 1.47. The monoisotopic (exact) mass is 393 g/mol. The number of anilines is 1. The molecule has 6 nitrogen and oxygen atoms in total. The van der Waals surface area contributed by atoms with Crippen molar-refractivity contribution in [3.05, 3.63) is 16.0 Å². The van der Waals surface area contributed by atoms with Gasteiger partial charge in [0.25, 0.3) is 5.91 Å². The minimum absolute atomic E-state index is 0.0802. The molecule has 1 fully saturated rings. The number of hydrogen-bond donors (Lipinski definition) is 1. The molecule has 0 bridgehead atoms. The van der Waals surface area contributed by atoms with E-state index in [4.69, 9.17) is 9.47 Å². The van der Waals surface area contributed by atoms with Crippen LogP contribution in [0.25, 0.3) is 0 Å². The van der Waals surface area contributed by atoms with Crippen LogP contribution in [0.1, 0.15) is 73.2 Å². The van der Waals surface area contributed by atoms with Gasteiger partial charge in [0.15, 0.2) is 6.61 Å². The summed E-state index contributed by atoms with van der Waals surface area (Å²) >= 11 is 1.43. The van der Waals surface area contributed by atoms with Crippen molar-refractivity contribution in [2.45, 2.75) is 71.3 Å². The summed E-state index contributed by atoms with van der Waals surface area (Å²) in [6, 6.07) is 0. The molecule has 0 aromatic carbocycles. The fraction of sp³-hybridized carbons (Fsp3) is 0.650. The van der Waals surface area contributed by atoms with Crippen LogP contribution in [-0.4, -0.2) is 30.6 Å². The molecule has 0 unspecified atom stereocenters. The number of nitrogens with one attached hydrogen (secondary N) is 1. The lowest BCUT2D eigenvalue weighted by Crippen LogP contribution is -2.24. The van der Waals surface area contributed by atoms with Crippen LogP contribution in [0.4, 0.5) is 5.00 Å². The number of esters is 2. The maximum atomic E-state index is 12.6. The molecule has 0 saturated heterocycles. The second-order valence-corrected chi connectivity index (χ2v) is 8.61. The van der Waals surface area contributed by atoms with E-state index in [1.165, 1.54) is 11.3 Å². The molecular weight excluding hydrogens is 366 g/mol. The van der Waals surface area contributed by atoms with Gasteiger partial charge in [0.2, 0.25) is 0 Å². The Labute approximate surface area is 163 Å². The quantitative estimate of drug-likeness (QED) is 0.742. The van der Waals surface area contributed by atoms with Crippen LogP contribution >= 0.6 is 11.3 Å². The standard InChI is InChI=1S/C20H27NO5S/c1-12(2)26-20(24)17-14-9-5-6-10-15(14)27-18(17)21-16(22)11-25-19(23)13-7-3-4-8-13/h12-13H,3-11H2,1-2H3,(H,21,22). The molecule has 2 aliphatic rings. The van der Waals surface area contributed by atoms with Crippen LogP contribution in [0.5, 0.6) is 0 Å². The number of carbonyl (C=O) groups excluding carboxylic acids is 3. The van der Waals surface area contributed by atoms with Gasteiger partial charge in [-0.15, -0.1) is 11.3 Å². The first kappa shape index (κ1) is 19.9. The third-order valence-corrected chi connectivity index (χ3v) is 6.21. The van der Waals surface area contributed by atoms with E-state index < -0.39 is 11.9 Å². The second kappa shape index (κ2) is 8.87. The maximum Gasteiger partial charge on any atom is 0.341 e. The van der Waals surface area contributed by atoms with Crippen LogP contribution < -0.4 is 5.32 Å². The number of hydrogen-bond acceptors (Lipinski definition) is 6. The van der Waals surface area contributed by atoms with E-state index >= 15 is 0 Å². The zero-order chi connectivity index (χ0) is 19.4. The summed E-state index contributed by atoms with van der Waals surface area (Å²) < 4.78 is 10.5. The molecule has 1 amide bonds. The molecule has 1 heterocycles. The maximum absolute atomic E-state index is 12.6. The number of amides is 1.